The molecule has 14 heavy (non-hydrogen) atoms. The van der Waals surface area contributed by atoms with Gasteiger partial charge in [0.1, 0.15) is 6.61 Å². The molecule has 1 aromatic carbocycles. The molecule has 1 amide bonds. The second kappa shape index (κ2) is 4.90. The van der Waals surface area contributed by atoms with Gasteiger partial charge in [0.15, 0.2) is 0 Å². The molecule has 0 radical (unpaired) electrons. The lowest BCUT2D eigenvalue weighted by Gasteiger charge is -2.05. The van der Waals surface area contributed by atoms with Crippen LogP contribution in [0.1, 0.15) is 10.4 Å². The Kier molecular flexibility index (Phi) is 3.53. The smallest absolute Gasteiger partial charge is 0.276 e. The van der Waals surface area contributed by atoms with Crippen LogP contribution in [0.25, 0.3) is 0 Å². The van der Waals surface area contributed by atoms with Crippen molar-refractivity contribution in [3.8, 4) is 12.3 Å². The van der Waals surface area contributed by atoms with Crippen molar-refractivity contribution in [2.24, 2.45) is 0 Å². The molecule has 0 unspecified atom stereocenters. The number of benzene rings is 1. The van der Waals surface area contributed by atoms with Gasteiger partial charge in [-0.3, -0.25) is 9.63 Å². The first kappa shape index (κ1) is 10.1. The highest BCUT2D eigenvalue weighted by Gasteiger charge is 2.07. The second-order valence-electron chi connectivity index (χ2n) is 2.51. The average Bonchev–Trinajstić information content (AvgIpc) is 2.18. The molecule has 1 aromatic rings. The minimum absolute atomic E-state index is 0.0263. The minimum atomic E-state index is -0.404. The maximum absolute atomic E-state index is 11.4. The van der Waals surface area contributed by atoms with Gasteiger partial charge in [0.2, 0.25) is 0 Å². The number of hydroxylamine groups is 1. The van der Waals surface area contributed by atoms with Crippen molar-refractivity contribution in [2.75, 3.05) is 12.3 Å². The van der Waals surface area contributed by atoms with Crippen molar-refractivity contribution in [3.05, 3.63) is 29.8 Å². The van der Waals surface area contributed by atoms with E-state index in [4.69, 9.17) is 12.2 Å². The summed E-state index contributed by atoms with van der Waals surface area (Å²) in [5, 5.41) is 0. The number of terminal acetylenes is 1. The Morgan fingerprint density at radius 3 is 2.93 bits per heavy atom. The van der Waals surface area contributed by atoms with E-state index in [1.807, 2.05) is 0 Å². The first-order valence-corrected chi connectivity index (χ1v) is 3.96. The van der Waals surface area contributed by atoms with Gasteiger partial charge in [-0.15, -0.1) is 6.42 Å². The van der Waals surface area contributed by atoms with E-state index in [-0.39, 0.29) is 6.61 Å². The van der Waals surface area contributed by atoms with Gasteiger partial charge in [0.05, 0.1) is 5.56 Å². The number of amides is 1. The fraction of sp³-hybridized carbons (Fsp3) is 0.100. The van der Waals surface area contributed by atoms with E-state index >= 15 is 0 Å². The Morgan fingerprint density at radius 1 is 1.57 bits per heavy atom. The highest BCUT2D eigenvalue weighted by Crippen LogP contribution is 2.09. The van der Waals surface area contributed by atoms with Crippen LogP contribution >= 0.6 is 0 Å². The monoisotopic (exact) mass is 190 g/mol. The third kappa shape index (κ3) is 2.51. The molecule has 0 atom stereocenters. The van der Waals surface area contributed by atoms with Gasteiger partial charge in [-0.2, -0.15) is 0 Å². The largest absolute Gasteiger partial charge is 0.398 e. The summed E-state index contributed by atoms with van der Waals surface area (Å²) >= 11 is 0. The molecule has 72 valence electrons. The summed E-state index contributed by atoms with van der Waals surface area (Å²) in [6.45, 7) is 0.0263. The molecule has 0 saturated heterocycles. The summed E-state index contributed by atoms with van der Waals surface area (Å²) < 4.78 is 0. The van der Waals surface area contributed by atoms with E-state index in [1.54, 1.807) is 24.3 Å². The minimum Gasteiger partial charge on any atom is -0.398 e. The van der Waals surface area contributed by atoms with Crippen LogP contribution < -0.4 is 11.2 Å². The first-order chi connectivity index (χ1) is 6.75. The van der Waals surface area contributed by atoms with Gasteiger partial charge < -0.3 is 5.73 Å². The highest BCUT2D eigenvalue weighted by atomic mass is 16.6. The third-order valence-corrected chi connectivity index (χ3v) is 1.53. The van der Waals surface area contributed by atoms with Gasteiger partial charge >= 0.3 is 0 Å². The summed E-state index contributed by atoms with van der Waals surface area (Å²) in [5.74, 6) is 1.82. The summed E-state index contributed by atoms with van der Waals surface area (Å²) in [7, 11) is 0. The average molecular weight is 190 g/mol. The van der Waals surface area contributed by atoms with Crippen molar-refractivity contribution in [3.63, 3.8) is 0 Å². The van der Waals surface area contributed by atoms with Crippen LogP contribution in [0.4, 0.5) is 5.69 Å². The lowest BCUT2D eigenvalue weighted by molar-refractivity contribution is 0.0439. The zero-order valence-corrected chi connectivity index (χ0v) is 7.49. The molecule has 4 heteroatoms. The Morgan fingerprint density at radius 2 is 2.29 bits per heavy atom. The highest BCUT2D eigenvalue weighted by molar-refractivity contribution is 5.98. The van der Waals surface area contributed by atoms with Crippen LogP contribution in [0.15, 0.2) is 24.3 Å². The van der Waals surface area contributed by atoms with Gasteiger partial charge in [-0.25, -0.2) is 5.48 Å². The number of hydrogen-bond acceptors (Lipinski definition) is 3. The molecule has 0 bridgehead atoms. The van der Waals surface area contributed by atoms with Crippen LogP contribution in [0.3, 0.4) is 0 Å². The fourth-order valence-electron chi connectivity index (χ4n) is 0.902. The lowest BCUT2D eigenvalue weighted by atomic mass is 10.2. The van der Waals surface area contributed by atoms with E-state index in [0.29, 0.717) is 11.3 Å². The van der Waals surface area contributed by atoms with Gasteiger partial charge in [-0.05, 0) is 12.1 Å². The van der Waals surface area contributed by atoms with E-state index in [0.717, 1.165) is 0 Å². The quantitative estimate of drug-likeness (QED) is 0.317. The van der Waals surface area contributed by atoms with Crippen LogP contribution in [-0.2, 0) is 4.84 Å². The number of anilines is 1. The summed E-state index contributed by atoms with van der Waals surface area (Å²) in [4.78, 5) is 16.0. The topological polar surface area (TPSA) is 64.3 Å². The number of nitrogens with two attached hydrogens (primary N) is 1. The number of carbonyl (C=O) groups is 1. The van der Waals surface area contributed by atoms with Crippen molar-refractivity contribution in [1.29, 1.82) is 0 Å². The normalized spacial score (nSPS) is 9.07. The molecule has 0 aliphatic rings. The van der Waals surface area contributed by atoms with E-state index in [2.05, 4.69) is 16.2 Å². The van der Waals surface area contributed by atoms with Crippen LogP contribution in [0, 0.1) is 12.3 Å². The molecule has 0 spiro atoms. The lowest BCUT2D eigenvalue weighted by Crippen LogP contribution is -2.24. The van der Waals surface area contributed by atoms with Crippen LogP contribution in [-0.4, -0.2) is 12.5 Å². The van der Waals surface area contributed by atoms with Crippen molar-refractivity contribution >= 4 is 11.6 Å². The zero-order valence-electron chi connectivity index (χ0n) is 7.49. The number of para-hydroxylation sites is 1. The molecule has 0 aromatic heterocycles. The molecular weight excluding hydrogens is 180 g/mol. The van der Waals surface area contributed by atoms with Crippen molar-refractivity contribution in [2.45, 2.75) is 0 Å². The first-order valence-electron chi connectivity index (χ1n) is 3.96. The van der Waals surface area contributed by atoms with E-state index < -0.39 is 5.91 Å². The molecule has 0 heterocycles. The molecule has 0 aliphatic carbocycles. The number of carbonyl (C=O) groups excluding carboxylic acids is 1. The van der Waals surface area contributed by atoms with Crippen LogP contribution in [0.2, 0.25) is 0 Å². The third-order valence-electron chi connectivity index (χ3n) is 1.53. The molecule has 3 N–H and O–H groups in total. The predicted molar refractivity (Wildman–Crippen MR) is 53.1 cm³/mol. The van der Waals surface area contributed by atoms with Gasteiger partial charge in [0.25, 0.3) is 5.91 Å². The summed E-state index contributed by atoms with van der Waals surface area (Å²) in [6.07, 6.45) is 4.93. The molecule has 4 nitrogen and oxygen atoms in total. The predicted octanol–water partition coefficient (Wildman–Crippen LogP) is 0.563. The summed E-state index contributed by atoms with van der Waals surface area (Å²) in [6, 6.07) is 6.70. The Bertz CT molecular complexity index is 369. The van der Waals surface area contributed by atoms with Gasteiger partial charge in [0, 0.05) is 5.69 Å². The number of nitrogen functional groups attached to an aromatic ring is 1. The second-order valence-corrected chi connectivity index (χ2v) is 2.51. The molecule has 0 aliphatic heterocycles. The van der Waals surface area contributed by atoms with E-state index in [9.17, 15) is 4.79 Å². The Hall–Kier alpha value is -1.99. The number of nitrogens with one attached hydrogen (secondary N) is 1. The zero-order chi connectivity index (χ0) is 10.4. The number of hydrogen-bond donors (Lipinski definition) is 2. The molecule has 0 fully saturated rings. The maximum Gasteiger partial charge on any atom is 0.276 e. The Labute approximate surface area is 82.0 Å². The van der Waals surface area contributed by atoms with Crippen LogP contribution in [0.5, 0.6) is 0 Å². The van der Waals surface area contributed by atoms with E-state index in [1.165, 1.54) is 0 Å². The SMILES string of the molecule is C#CCONC(=O)c1ccccc1N. The standard InChI is InChI=1S/C10H10N2O2/c1-2-7-14-12-10(13)8-5-3-4-6-9(8)11/h1,3-6H,7,11H2,(H,12,13). The van der Waals surface area contributed by atoms with Crippen molar-refractivity contribution < 1.29 is 9.63 Å². The molecule has 1 rings (SSSR count). The number of rotatable bonds is 3. The van der Waals surface area contributed by atoms with Crippen molar-refractivity contribution in [1.82, 2.24) is 5.48 Å². The molecular formula is C10H10N2O2. The maximum atomic E-state index is 11.4. The summed E-state index contributed by atoms with van der Waals surface area (Å²) in [5.41, 5.74) is 8.51. The Balaban J connectivity index is 2.62. The molecule has 0 saturated carbocycles. The fourth-order valence-corrected chi connectivity index (χ4v) is 0.902. The van der Waals surface area contributed by atoms with Gasteiger partial charge in [-0.1, -0.05) is 18.1 Å².